The minimum absolute atomic E-state index is 0.0271. The predicted molar refractivity (Wildman–Crippen MR) is 96.1 cm³/mol. The third-order valence-corrected chi connectivity index (χ3v) is 3.90. The summed E-state index contributed by atoms with van der Waals surface area (Å²) in [6.07, 6.45) is -4.43. The van der Waals surface area contributed by atoms with Crippen molar-refractivity contribution < 1.29 is 36.6 Å². The zero-order valence-electron chi connectivity index (χ0n) is 16.2. The number of carbonyl (C=O) groups is 2. The van der Waals surface area contributed by atoms with E-state index in [1.54, 1.807) is 25.7 Å². The molecule has 0 radical (unpaired) electrons. The highest BCUT2D eigenvalue weighted by Crippen LogP contribution is 2.27. The number of benzene rings is 1. The Labute approximate surface area is 165 Å². The first-order chi connectivity index (χ1) is 13.3. The Hall–Kier alpha value is -2.72. The SMILES string of the molecule is CC(C)(C)OC(=O)N1CCC(NC(=O)Nc2ccc(OC(F)(F)F)c(F)c2)CC1. The molecule has 0 atom stereocenters. The summed E-state index contributed by atoms with van der Waals surface area (Å²) in [5, 5.41) is 5.04. The fraction of sp³-hybridized carbons (Fsp3) is 0.556. The minimum atomic E-state index is -5.01. The Bertz CT molecular complexity index is 742. The Balaban J connectivity index is 1.82. The van der Waals surface area contributed by atoms with Gasteiger partial charge in [-0.2, -0.15) is 0 Å². The molecule has 0 unspecified atom stereocenters. The average molecular weight is 421 g/mol. The molecular weight excluding hydrogens is 398 g/mol. The van der Waals surface area contributed by atoms with E-state index >= 15 is 0 Å². The fourth-order valence-corrected chi connectivity index (χ4v) is 2.67. The second kappa shape index (κ2) is 8.75. The van der Waals surface area contributed by atoms with Crippen molar-refractivity contribution in [3.8, 4) is 5.75 Å². The molecule has 1 fully saturated rings. The third kappa shape index (κ3) is 7.66. The third-order valence-electron chi connectivity index (χ3n) is 3.90. The molecule has 2 rings (SSSR count). The first kappa shape index (κ1) is 22.6. The summed E-state index contributed by atoms with van der Waals surface area (Å²) in [5.41, 5.74) is -0.622. The number of anilines is 1. The van der Waals surface area contributed by atoms with Crippen LogP contribution in [0.3, 0.4) is 0 Å². The highest BCUT2D eigenvalue weighted by Gasteiger charge is 2.32. The molecule has 29 heavy (non-hydrogen) atoms. The molecule has 1 aliphatic heterocycles. The van der Waals surface area contributed by atoms with Gasteiger partial charge in [0.2, 0.25) is 0 Å². The van der Waals surface area contributed by atoms with E-state index in [1.807, 2.05) is 0 Å². The number of nitrogens with zero attached hydrogens (tertiary/aromatic N) is 1. The Morgan fingerprint density at radius 1 is 1.14 bits per heavy atom. The smallest absolute Gasteiger partial charge is 0.444 e. The van der Waals surface area contributed by atoms with Gasteiger partial charge in [0.25, 0.3) is 0 Å². The van der Waals surface area contributed by atoms with Gasteiger partial charge in [-0.1, -0.05) is 0 Å². The zero-order valence-corrected chi connectivity index (χ0v) is 16.2. The Morgan fingerprint density at radius 2 is 1.76 bits per heavy atom. The second-order valence-electron chi connectivity index (χ2n) is 7.53. The van der Waals surface area contributed by atoms with Crippen LogP contribution in [0.4, 0.5) is 32.8 Å². The molecule has 162 valence electrons. The van der Waals surface area contributed by atoms with E-state index in [1.165, 1.54) is 0 Å². The molecule has 2 N–H and O–H groups in total. The fourth-order valence-electron chi connectivity index (χ4n) is 2.67. The van der Waals surface area contributed by atoms with Crippen molar-refractivity contribution in [1.29, 1.82) is 0 Å². The maximum atomic E-state index is 13.7. The van der Waals surface area contributed by atoms with Crippen LogP contribution < -0.4 is 15.4 Å². The number of likely N-dealkylation sites (tertiary alicyclic amines) is 1. The number of urea groups is 1. The largest absolute Gasteiger partial charge is 0.573 e. The van der Waals surface area contributed by atoms with Crippen molar-refractivity contribution in [2.75, 3.05) is 18.4 Å². The number of nitrogens with one attached hydrogen (secondary N) is 2. The molecule has 0 aromatic heterocycles. The van der Waals surface area contributed by atoms with Crippen LogP contribution >= 0.6 is 0 Å². The van der Waals surface area contributed by atoms with Gasteiger partial charge in [-0.3, -0.25) is 0 Å². The van der Waals surface area contributed by atoms with Crippen LogP contribution in [0, 0.1) is 5.82 Å². The number of piperidine rings is 1. The number of alkyl halides is 3. The van der Waals surface area contributed by atoms with Crippen LogP contribution in [-0.4, -0.2) is 48.1 Å². The van der Waals surface area contributed by atoms with Crippen molar-refractivity contribution in [2.45, 2.75) is 51.6 Å². The van der Waals surface area contributed by atoms with Crippen molar-refractivity contribution in [3.05, 3.63) is 24.0 Å². The lowest BCUT2D eigenvalue weighted by Gasteiger charge is -2.33. The lowest BCUT2D eigenvalue weighted by atomic mass is 10.1. The average Bonchev–Trinajstić information content (AvgIpc) is 2.55. The first-order valence-electron chi connectivity index (χ1n) is 8.93. The maximum Gasteiger partial charge on any atom is 0.573 e. The molecule has 0 aliphatic carbocycles. The number of ether oxygens (including phenoxy) is 2. The van der Waals surface area contributed by atoms with Gasteiger partial charge < -0.3 is 25.0 Å². The summed E-state index contributed by atoms with van der Waals surface area (Å²) in [7, 11) is 0. The number of rotatable bonds is 3. The quantitative estimate of drug-likeness (QED) is 0.716. The van der Waals surface area contributed by atoms with Crippen molar-refractivity contribution in [2.24, 2.45) is 0 Å². The summed E-state index contributed by atoms with van der Waals surface area (Å²) in [6.45, 7) is 6.12. The maximum absolute atomic E-state index is 13.7. The number of halogens is 4. The monoisotopic (exact) mass is 421 g/mol. The lowest BCUT2D eigenvalue weighted by molar-refractivity contribution is -0.275. The minimum Gasteiger partial charge on any atom is -0.444 e. The molecule has 1 aromatic carbocycles. The molecule has 1 heterocycles. The van der Waals surface area contributed by atoms with E-state index in [9.17, 15) is 27.2 Å². The summed E-state index contributed by atoms with van der Waals surface area (Å²) in [5.74, 6) is -2.25. The summed E-state index contributed by atoms with van der Waals surface area (Å²) < 4.78 is 59.0. The molecule has 3 amide bonds. The zero-order chi connectivity index (χ0) is 21.8. The number of hydrogen-bond donors (Lipinski definition) is 2. The number of carbonyl (C=O) groups excluding carboxylic acids is 2. The topological polar surface area (TPSA) is 79.9 Å². The lowest BCUT2D eigenvalue weighted by Crippen LogP contribution is -2.48. The van der Waals surface area contributed by atoms with Crippen molar-refractivity contribution in [3.63, 3.8) is 0 Å². The standard InChI is InChI=1S/C18H23F4N3O4/c1-17(2,3)29-16(27)25-8-6-11(7-9-25)23-15(26)24-12-4-5-14(13(19)10-12)28-18(20,21)22/h4-5,10-11H,6-9H2,1-3H3,(H2,23,24,26). The summed E-state index contributed by atoms with van der Waals surface area (Å²) in [6, 6.07) is 1.74. The van der Waals surface area contributed by atoms with E-state index in [2.05, 4.69) is 15.4 Å². The molecule has 0 bridgehead atoms. The molecule has 1 aliphatic rings. The normalized spacial score (nSPS) is 15.6. The molecule has 1 aromatic rings. The van der Waals surface area contributed by atoms with Crippen molar-refractivity contribution in [1.82, 2.24) is 10.2 Å². The van der Waals surface area contributed by atoms with Gasteiger partial charge in [0.15, 0.2) is 11.6 Å². The predicted octanol–water partition coefficient (Wildman–Crippen LogP) is 4.25. The molecule has 0 saturated carbocycles. The first-order valence-corrected chi connectivity index (χ1v) is 8.93. The Morgan fingerprint density at radius 3 is 2.28 bits per heavy atom. The van der Waals surface area contributed by atoms with Crippen LogP contribution in [0.1, 0.15) is 33.6 Å². The number of hydrogen-bond acceptors (Lipinski definition) is 4. The van der Waals surface area contributed by atoms with E-state index in [0.717, 1.165) is 18.2 Å². The molecule has 0 spiro atoms. The van der Waals surface area contributed by atoms with E-state index in [4.69, 9.17) is 4.74 Å². The molecule has 7 nitrogen and oxygen atoms in total. The van der Waals surface area contributed by atoms with Crippen LogP contribution in [-0.2, 0) is 4.74 Å². The van der Waals surface area contributed by atoms with Gasteiger partial charge in [0.1, 0.15) is 5.60 Å². The van der Waals surface area contributed by atoms with Gasteiger partial charge in [0.05, 0.1) is 0 Å². The van der Waals surface area contributed by atoms with Crippen molar-refractivity contribution >= 4 is 17.8 Å². The van der Waals surface area contributed by atoms with Crippen LogP contribution in [0.5, 0.6) is 5.75 Å². The van der Waals surface area contributed by atoms with Gasteiger partial charge in [-0.05, 0) is 45.7 Å². The highest BCUT2D eigenvalue weighted by molar-refractivity contribution is 5.89. The molecule has 11 heteroatoms. The van der Waals surface area contributed by atoms with Gasteiger partial charge in [-0.15, -0.1) is 13.2 Å². The summed E-state index contributed by atoms with van der Waals surface area (Å²) >= 11 is 0. The van der Waals surface area contributed by atoms with Crippen LogP contribution in [0.2, 0.25) is 0 Å². The number of amides is 3. The van der Waals surface area contributed by atoms with Gasteiger partial charge >= 0.3 is 18.5 Å². The highest BCUT2D eigenvalue weighted by atomic mass is 19.4. The van der Waals surface area contributed by atoms with Crippen LogP contribution in [0.25, 0.3) is 0 Å². The summed E-state index contributed by atoms with van der Waals surface area (Å²) in [4.78, 5) is 25.6. The van der Waals surface area contributed by atoms with E-state index in [-0.39, 0.29) is 11.7 Å². The molecular formula is C18H23F4N3O4. The van der Waals surface area contributed by atoms with Gasteiger partial charge in [-0.25, -0.2) is 14.0 Å². The Kier molecular flexibility index (Phi) is 6.81. The second-order valence-corrected chi connectivity index (χ2v) is 7.53. The van der Waals surface area contributed by atoms with E-state index in [0.29, 0.717) is 25.9 Å². The van der Waals surface area contributed by atoms with E-state index < -0.39 is 35.7 Å². The van der Waals surface area contributed by atoms with Crippen LogP contribution in [0.15, 0.2) is 18.2 Å². The van der Waals surface area contributed by atoms with Gasteiger partial charge in [0, 0.05) is 30.9 Å². The molecule has 1 saturated heterocycles.